The molecule has 0 N–H and O–H groups in total. The fraction of sp³-hybridized carbons (Fsp3) is 0.410. The number of carbonyl (C=O) groups excluding carboxylic acids is 4. The summed E-state index contributed by atoms with van der Waals surface area (Å²) in [7, 11) is 0. The Hall–Kier alpha value is -7.30. The third-order valence-corrected chi connectivity index (χ3v) is 13.7. The fourth-order valence-corrected chi connectivity index (χ4v) is 9.25. The van der Waals surface area contributed by atoms with Gasteiger partial charge in [-0.2, -0.15) is 5.10 Å². The lowest BCUT2D eigenvalue weighted by molar-refractivity contribution is -0.149. The summed E-state index contributed by atoms with van der Waals surface area (Å²) in [5, 5.41) is 7.30. The van der Waals surface area contributed by atoms with E-state index >= 15 is 0 Å². The van der Waals surface area contributed by atoms with E-state index in [0.29, 0.717) is 56.4 Å². The van der Waals surface area contributed by atoms with Crippen molar-refractivity contribution in [2.24, 2.45) is 5.10 Å². The van der Waals surface area contributed by atoms with Crippen molar-refractivity contribution < 1.29 is 57.1 Å². The van der Waals surface area contributed by atoms with Crippen molar-refractivity contribution in [1.29, 1.82) is 0 Å². The van der Waals surface area contributed by atoms with Crippen molar-refractivity contribution in [2.45, 2.75) is 116 Å². The van der Waals surface area contributed by atoms with Crippen LogP contribution in [0.25, 0.3) is 10.2 Å². The first kappa shape index (κ1) is 59.0. The molecule has 1 heterocycles. The highest BCUT2D eigenvalue weighted by Gasteiger charge is 2.24. The van der Waals surface area contributed by atoms with Crippen molar-refractivity contribution >= 4 is 56.8 Å². The molecule has 4 aromatic carbocycles. The van der Waals surface area contributed by atoms with E-state index in [-0.39, 0.29) is 43.8 Å². The minimum Gasteiger partial charge on any atom is -0.494 e. The zero-order valence-electron chi connectivity index (χ0n) is 44.4. The fourth-order valence-electron chi connectivity index (χ4n) is 8.30. The lowest BCUT2D eigenvalue weighted by Gasteiger charge is -2.29. The van der Waals surface area contributed by atoms with Gasteiger partial charge in [0.05, 0.1) is 68.5 Å². The van der Waals surface area contributed by atoms with Crippen LogP contribution in [0.4, 0.5) is 5.13 Å². The largest absolute Gasteiger partial charge is 0.494 e. The lowest BCUT2D eigenvalue weighted by Crippen LogP contribution is -2.22. The van der Waals surface area contributed by atoms with Gasteiger partial charge in [0.25, 0.3) is 0 Å². The van der Waals surface area contributed by atoms with Crippen molar-refractivity contribution in [1.82, 2.24) is 4.98 Å². The predicted octanol–water partition coefficient (Wildman–Crippen LogP) is 12.3. The highest BCUT2D eigenvalue weighted by atomic mass is 32.1. The van der Waals surface area contributed by atoms with Crippen LogP contribution in [-0.4, -0.2) is 87.4 Å². The van der Waals surface area contributed by atoms with Crippen LogP contribution in [0.2, 0.25) is 0 Å². The second-order valence-corrected chi connectivity index (χ2v) is 19.7. The van der Waals surface area contributed by atoms with Gasteiger partial charge in [0.15, 0.2) is 0 Å². The Balaban J connectivity index is 1.06. The topological polar surface area (TPSA) is 171 Å². The van der Waals surface area contributed by atoms with Gasteiger partial charge >= 0.3 is 23.9 Å². The SMILES string of the molecule is C=CC(=O)OCCCCCCOc1ccc(COc2ccc(C3CCC(OCc4ccc(OCCCCCCOC(=O)C=C)cc4)CC3)cc2/C=N/N(CCC(=O)OCCOC(=O)C(=C)C)c2nc3ccccc3s2)cc1. The highest BCUT2D eigenvalue weighted by Crippen LogP contribution is 2.37. The molecule has 77 heavy (non-hydrogen) atoms. The number of aromatic nitrogens is 1. The number of esters is 4. The van der Waals surface area contributed by atoms with Crippen molar-refractivity contribution in [2.75, 3.05) is 51.2 Å². The molecule has 0 amide bonds. The van der Waals surface area contributed by atoms with Crippen molar-refractivity contribution in [3.8, 4) is 17.2 Å². The first-order valence-electron chi connectivity index (χ1n) is 26.6. The summed E-state index contributed by atoms with van der Waals surface area (Å²) in [4.78, 5) is 52.0. The summed E-state index contributed by atoms with van der Waals surface area (Å²) < 4.78 is 46.5. The number of nitrogens with zero attached hydrogens (tertiary/aromatic N) is 3. The Kier molecular flexibility index (Phi) is 25.3. The van der Waals surface area contributed by atoms with Gasteiger partial charge in [-0.3, -0.25) is 4.79 Å². The minimum atomic E-state index is -0.541. The number of unbranched alkanes of at least 4 members (excludes halogenated alkanes) is 6. The first-order valence-corrected chi connectivity index (χ1v) is 27.4. The minimum absolute atomic E-state index is 0.00609. The van der Waals surface area contributed by atoms with Crippen LogP contribution in [0.1, 0.15) is 119 Å². The Morgan fingerprint density at radius 1 is 0.662 bits per heavy atom. The molecular formula is C61H73N3O12S. The number of hydrogen-bond donors (Lipinski definition) is 0. The quantitative estimate of drug-likeness (QED) is 0.00937. The molecule has 0 unspecified atom stereocenters. The van der Waals surface area contributed by atoms with Crippen LogP contribution >= 0.6 is 11.3 Å². The van der Waals surface area contributed by atoms with Crippen LogP contribution in [-0.2, 0) is 56.1 Å². The highest BCUT2D eigenvalue weighted by molar-refractivity contribution is 7.22. The molecule has 1 fully saturated rings. The Labute approximate surface area is 456 Å². The molecule has 5 aromatic rings. The van der Waals surface area contributed by atoms with E-state index in [0.717, 1.165) is 115 Å². The zero-order chi connectivity index (χ0) is 54.5. The van der Waals surface area contributed by atoms with E-state index in [1.54, 1.807) is 18.1 Å². The zero-order valence-corrected chi connectivity index (χ0v) is 45.2. The van der Waals surface area contributed by atoms with Gasteiger partial charge in [0, 0.05) is 23.3 Å². The molecule has 1 aliphatic rings. The molecule has 0 bridgehead atoms. The average Bonchev–Trinajstić information content (AvgIpc) is 3.90. The molecule has 0 spiro atoms. The van der Waals surface area contributed by atoms with Crippen LogP contribution in [0.15, 0.2) is 134 Å². The normalized spacial score (nSPS) is 14.1. The Morgan fingerprint density at radius 2 is 1.25 bits per heavy atom. The third kappa shape index (κ3) is 21.3. The van der Waals surface area contributed by atoms with E-state index in [9.17, 15) is 19.2 Å². The predicted molar refractivity (Wildman–Crippen MR) is 300 cm³/mol. The number of para-hydroxylation sites is 1. The van der Waals surface area contributed by atoms with Gasteiger partial charge in [-0.05, 0) is 155 Å². The molecule has 15 nitrogen and oxygen atoms in total. The van der Waals surface area contributed by atoms with Crippen LogP contribution in [0.5, 0.6) is 17.2 Å². The van der Waals surface area contributed by atoms with Gasteiger partial charge in [0.1, 0.15) is 37.1 Å². The second-order valence-electron chi connectivity index (χ2n) is 18.6. The molecule has 0 aliphatic heterocycles. The molecule has 0 radical (unpaired) electrons. The molecule has 1 aliphatic carbocycles. The average molecular weight is 1070 g/mol. The number of ether oxygens (including phenoxy) is 8. The molecule has 6 rings (SSSR count). The van der Waals surface area contributed by atoms with Gasteiger partial charge in [-0.15, -0.1) is 0 Å². The van der Waals surface area contributed by atoms with Crippen molar-refractivity contribution in [3.05, 3.63) is 151 Å². The van der Waals surface area contributed by atoms with Gasteiger partial charge in [-0.25, -0.2) is 24.4 Å². The van der Waals surface area contributed by atoms with Gasteiger partial charge < -0.3 is 37.9 Å². The monoisotopic (exact) mass is 1070 g/mol. The van der Waals surface area contributed by atoms with E-state index in [1.807, 2.05) is 66.7 Å². The van der Waals surface area contributed by atoms with E-state index < -0.39 is 17.9 Å². The van der Waals surface area contributed by atoms with Crippen LogP contribution in [0.3, 0.4) is 0 Å². The summed E-state index contributed by atoms with van der Waals surface area (Å²) in [5.41, 5.74) is 5.12. The molecule has 1 aromatic heterocycles. The summed E-state index contributed by atoms with van der Waals surface area (Å²) in [6.07, 6.45) is 15.4. The standard InChI is InChI=1S/C61H73N3O12S/c1-5-57(65)71-37-15-9-7-13-35-69-51-26-19-46(20-27-51)43-75-53-30-23-48(24-31-53)49-25-32-55(76-44-47-21-28-52(29-22-47)70-36-14-8-10-16-38-72-58(66)6-2)50(41-49)42-62-64(61-63-54-17-11-12-18-56(54)77-61)34-33-59(67)73-39-40-74-60(68)45(3)4/h5-6,11-12,17-22,25-29,32,41-42,48,53H,1-3,7-10,13-16,23-24,30-31,33-40,43-44H2,4H3/b62-42+. The maximum absolute atomic E-state index is 12.9. The van der Waals surface area contributed by atoms with E-state index in [1.165, 1.54) is 29.1 Å². The summed E-state index contributed by atoms with van der Waals surface area (Å²) in [5.74, 6) is 0.783. The van der Waals surface area contributed by atoms with Gasteiger partial charge in [-0.1, -0.05) is 73.5 Å². The van der Waals surface area contributed by atoms with Crippen LogP contribution < -0.4 is 19.2 Å². The molecule has 1 saturated carbocycles. The van der Waals surface area contributed by atoms with Crippen molar-refractivity contribution in [3.63, 3.8) is 0 Å². The molecule has 0 saturated heterocycles. The summed E-state index contributed by atoms with van der Waals surface area (Å²) in [6.45, 7) is 14.9. The van der Waals surface area contributed by atoms with E-state index in [4.69, 9.17) is 48.0 Å². The number of benzene rings is 4. The molecule has 410 valence electrons. The van der Waals surface area contributed by atoms with E-state index in [2.05, 4.69) is 44.0 Å². The first-order chi connectivity index (χ1) is 37.6. The lowest BCUT2D eigenvalue weighted by atomic mass is 9.82. The number of hydrazone groups is 1. The number of carbonyl (C=O) groups is 4. The number of fused-ring (bicyclic) bond motifs is 1. The number of thiazole rings is 1. The second kappa shape index (κ2) is 33.0. The summed E-state index contributed by atoms with van der Waals surface area (Å²) in [6, 6.07) is 30.1. The summed E-state index contributed by atoms with van der Waals surface area (Å²) >= 11 is 1.47. The molecule has 0 atom stereocenters. The number of hydrogen-bond acceptors (Lipinski definition) is 16. The maximum Gasteiger partial charge on any atom is 0.333 e. The molecular weight excluding hydrogens is 999 g/mol. The number of rotatable bonds is 35. The molecule has 16 heteroatoms. The Bertz CT molecular complexity index is 2660. The Morgan fingerprint density at radius 3 is 1.84 bits per heavy atom. The number of anilines is 1. The smallest absolute Gasteiger partial charge is 0.333 e. The maximum atomic E-state index is 12.9. The van der Waals surface area contributed by atoms with Gasteiger partial charge in [0.2, 0.25) is 5.13 Å². The van der Waals surface area contributed by atoms with Crippen LogP contribution in [0, 0.1) is 0 Å². The third-order valence-electron chi connectivity index (χ3n) is 12.6.